The second kappa shape index (κ2) is 7.40. The molecule has 1 amide bonds. The lowest BCUT2D eigenvalue weighted by Crippen LogP contribution is -2.24. The molecule has 0 aliphatic heterocycles. The first kappa shape index (κ1) is 14.2. The normalized spacial score (nSPS) is 10.4. The maximum Gasteiger partial charge on any atom is 0.277 e. The smallest absolute Gasteiger partial charge is 0.277 e. The first-order chi connectivity index (χ1) is 9.75. The monoisotopic (exact) mass is 333 g/mol. The third-order valence-corrected chi connectivity index (χ3v) is 2.96. The summed E-state index contributed by atoms with van der Waals surface area (Å²) >= 11 is 3.34. The molecule has 0 spiro atoms. The molecule has 1 heterocycles. The van der Waals surface area contributed by atoms with Crippen LogP contribution in [0.4, 0.5) is 0 Å². The summed E-state index contributed by atoms with van der Waals surface area (Å²) in [6, 6.07) is 10.9. The third-order valence-electron chi connectivity index (χ3n) is 2.30. The topological polar surface area (TPSA) is 63.6 Å². The Bertz CT molecular complexity index is 602. The summed E-state index contributed by atoms with van der Waals surface area (Å²) in [4.78, 5) is 15.4. The van der Waals surface area contributed by atoms with Crippen LogP contribution in [0.15, 0.2) is 58.4 Å². The lowest BCUT2D eigenvalue weighted by atomic mass is 10.3. The number of carbonyl (C=O) groups is 1. The van der Waals surface area contributed by atoms with Crippen LogP contribution < -0.4 is 10.2 Å². The highest BCUT2D eigenvalue weighted by Crippen LogP contribution is 2.23. The number of amides is 1. The number of hydrazone groups is 1. The van der Waals surface area contributed by atoms with Crippen LogP contribution in [0.1, 0.15) is 5.56 Å². The molecule has 0 radical (unpaired) electrons. The number of nitrogens with one attached hydrogen (secondary N) is 1. The third kappa shape index (κ3) is 4.47. The van der Waals surface area contributed by atoms with Crippen molar-refractivity contribution < 1.29 is 9.53 Å². The summed E-state index contributed by atoms with van der Waals surface area (Å²) < 4.78 is 6.16. The highest BCUT2D eigenvalue weighted by atomic mass is 79.9. The minimum atomic E-state index is -0.328. The molecule has 0 fully saturated rings. The van der Waals surface area contributed by atoms with Gasteiger partial charge in [-0.1, -0.05) is 12.1 Å². The molecule has 0 bridgehead atoms. The highest BCUT2D eigenvalue weighted by Gasteiger charge is 2.03. The molecule has 6 heteroatoms. The summed E-state index contributed by atoms with van der Waals surface area (Å²) in [6.07, 6.45) is 4.84. The van der Waals surface area contributed by atoms with E-state index in [1.54, 1.807) is 30.6 Å². The summed E-state index contributed by atoms with van der Waals surface area (Å²) in [6.45, 7) is -0.101. The minimum Gasteiger partial charge on any atom is -0.483 e. The van der Waals surface area contributed by atoms with Crippen LogP contribution in [0.2, 0.25) is 0 Å². The predicted octanol–water partition coefficient (Wildman–Crippen LogP) is 2.37. The molecule has 20 heavy (non-hydrogen) atoms. The molecular weight excluding hydrogens is 322 g/mol. The Balaban J connectivity index is 1.79. The lowest BCUT2D eigenvalue weighted by molar-refractivity contribution is -0.123. The molecule has 5 nitrogen and oxygen atoms in total. The summed E-state index contributed by atoms with van der Waals surface area (Å²) in [5.41, 5.74) is 3.24. The van der Waals surface area contributed by atoms with Crippen LogP contribution in [0.5, 0.6) is 5.75 Å². The average Bonchev–Trinajstić information content (AvgIpc) is 2.47. The van der Waals surface area contributed by atoms with Crippen molar-refractivity contribution in [1.82, 2.24) is 10.4 Å². The Morgan fingerprint density at radius 3 is 2.80 bits per heavy atom. The quantitative estimate of drug-likeness (QED) is 0.674. The number of aromatic nitrogens is 1. The number of hydrogen-bond acceptors (Lipinski definition) is 4. The Labute approximate surface area is 124 Å². The van der Waals surface area contributed by atoms with Crippen molar-refractivity contribution in [2.45, 2.75) is 0 Å². The van der Waals surface area contributed by atoms with Crippen LogP contribution in [-0.4, -0.2) is 23.7 Å². The van der Waals surface area contributed by atoms with Crippen LogP contribution >= 0.6 is 15.9 Å². The maximum absolute atomic E-state index is 11.5. The standard InChI is InChI=1S/C14H12BrN3O2/c15-12-3-1-2-4-13(12)20-10-14(19)18-17-9-11-5-7-16-8-6-11/h1-9H,10H2,(H,18,19)/b17-9+. The molecule has 0 saturated heterocycles. The number of ether oxygens (including phenoxy) is 1. The average molecular weight is 334 g/mol. The van der Waals surface area contributed by atoms with E-state index in [1.165, 1.54) is 6.21 Å². The number of rotatable bonds is 5. The highest BCUT2D eigenvalue weighted by molar-refractivity contribution is 9.10. The predicted molar refractivity (Wildman–Crippen MR) is 79.6 cm³/mol. The van der Waals surface area contributed by atoms with E-state index in [-0.39, 0.29) is 12.5 Å². The van der Waals surface area contributed by atoms with Gasteiger partial charge >= 0.3 is 0 Å². The van der Waals surface area contributed by atoms with E-state index in [0.717, 1.165) is 10.0 Å². The molecule has 0 aliphatic carbocycles. The Hall–Kier alpha value is -2.21. The molecule has 102 valence electrons. The molecule has 1 aromatic heterocycles. The SMILES string of the molecule is O=C(COc1ccccc1Br)N/N=C/c1ccncc1. The Morgan fingerprint density at radius 2 is 2.05 bits per heavy atom. The van der Waals surface area contributed by atoms with Gasteiger partial charge in [-0.15, -0.1) is 0 Å². The van der Waals surface area contributed by atoms with Crippen LogP contribution in [0.3, 0.4) is 0 Å². The lowest BCUT2D eigenvalue weighted by Gasteiger charge is -2.06. The van der Waals surface area contributed by atoms with E-state index >= 15 is 0 Å². The van der Waals surface area contributed by atoms with Gasteiger partial charge in [-0.3, -0.25) is 9.78 Å². The molecule has 0 aliphatic rings. The van der Waals surface area contributed by atoms with Crippen LogP contribution in [0.25, 0.3) is 0 Å². The van der Waals surface area contributed by atoms with Crippen molar-refractivity contribution in [3.05, 3.63) is 58.8 Å². The van der Waals surface area contributed by atoms with Crippen molar-refractivity contribution in [3.8, 4) is 5.75 Å². The van der Waals surface area contributed by atoms with E-state index in [9.17, 15) is 4.79 Å². The zero-order valence-corrected chi connectivity index (χ0v) is 12.1. The molecular formula is C14H12BrN3O2. The van der Waals surface area contributed by atoms with Crippen molar-refractivity contribution in [2.24, 2.45) is 5.10 Å². The van der Waals surface area contributed by atoms with Crippen molar-refractivity contribution in [3.63, 3.8) is 0 Å². The molecule has 1 N–H and O–H groups in total. The van der Waals surface area contributed by atoms with Crippen molar-refractivity contribution >= 4 is 28.1 Å². The molecule has 0 atom stereocenters. The van der Waals surface area contributed by atoms with Gasteiger partial charge in [0, 0.05) is 12.4 Å². The number of nitrogens with zero attached hydrogens (tertiary/aromatic N) is 2. The second-order valence-electron chi connectivity index (χ2n) is 3.79. The molecule has 0 saturated carbocycles. The number of hydrogen-bond donors (Lipinski definition) is 1. The summed E-state index contributed by atoms with van der Waals surface area (Å²) in [5.74, 6) is 0.284. The molecule has 2 aromatic rings. The minimum absolute atomic E-state index is 0.101. The summed E-state index contributed by atoms with van der Waals surface area (Å²) in [5, 5.41) is 3.83. The fourth-order valence-corrected chi connectivity index (χ4v) is 1.76. The van der Waals surface area contributed by atoms with Crippen molar-refractivity contribution in [1.29, 1.82) is 0 Å². The van der Waals surface area contributed by atoms with Crippen LogP contribution in [-0.2, 0) is 4.79 Å². The number of carbonyl (C=O) groups excluding carboxylic acids is 1. The zero-order chi connectivity index (χ0) is 14.2. The van der Waals surface area contributed by atoms with E-state index in [4.69, 9.17) is 4.74 Å². The van der Waals surface area contributed by atoms with E-state index in [2.05, 4.69) is 31.4 Å². The fourth-order valence-electron chi connectivity index (χ4n) is 1.37. The van der Waals surface area contributed by atoms with E-state index in [0.29, 0.717) is 5.75 Å². The van der Waals surface area contributed by atoms with Gasteiger partial charge in [0.25, 0.3) is 5.91 Å². The molecule has 2 rings (SSSR count). The molecule has 0 unspecified atom stereocenters. The zero-order valence-electron chi connectivity index (χ0n) is 10.5. The van der Waals surface area contributed by atoms with Gasteiger partial charge in [-0.2, -0.15) is 5.10 Å². The van der Waals surface area contributed by atoms with E-state index < -0.39 is 0 Å². The fraction of sp³-hybridized carbons (Fsp3) is 0.0714. The first-order valence-electron chi connectivity index (χ1n) is 5.85. The first-order valence-corrected chi connectivity index (χ1v) is 6.64. The summed E-state index contributed by atoms with van der Waals surface area (Å²) in [7, 11) is 0. The maximum atomic E-state index is 11.5. The van der Waals surface area contributed by atoms with E-state index in [1.807, 2.05) is 18.2 Å². The van der Waals surface area contributed by atoms with Gasteiger partial charge in [0.05, 0.1) is 10.7 Å². The molecule has 1 aromatic carbocycles. The van der Waals surface area contributed by atoms with Gasteiger partial charge in [-0.05, 0) is 45.8 Å². The largest absolute Gasteiger partial charge is 0.483 e. The van der Waals surface area contributed by atoms with Crippen molar-refractivity contribution in [2.75, 3.05) is 6.61 Å². The van der Waals surface area contributed by atoms with Gasteiger partial charge in [0.15, 0.2) is 6.61 Å². The Kier molecular flexibility index (Phi) is 5.25. The number of para-hydroxylation sites is 1. The number of pyridine rings is 1. The number of benzene rings is 1. The Morgan fingerprint density at radius 1 is 1.30 bits per heavy atom. The second-order valence-corrected chi connectivity index (χ2v) is 4.65. The van der Waals surface area contributed by atoms with Gasteiger partial charge < -0.3 is 4.74 Å². The van der Waals surface area contributed by atoms with Gasteiger partial charge in [-0.25, -0.2) is 5.43 Å². The van der Waals surface area contributed by atoms with Gasteiger partial charge in [0.1, 0.15) is 5.75 Å². The van der Waals surface area contributed by atoms with Crippen LogP contribution in [0, 0.1) is 0 Å². The number of halogens is 1. The van der Waals surface area contributed by atoms with Gasteiger partial charge in [0.2, 0.25) is 0 Å².